The largest absolute Gasteiger partial charge is 0.392 e. The summed E-state index contributed by atoms with van der Waals surface area (Å²) in [4.78, 5) is 6.75. The number of para-hydroxylation sites is 1. The fraction of sp³-hybridized carbons (Fsp3) is 0.312. The third-order valence-electron chi connectivity index (χ3n) is 3.18. The van der Waals surface area contributed by atoms with Crippen LogP contribution in [-0.2, 0) is 6.61 Å². The van der Waals surface area contributed by atoms with Crippen LogP contribution in [-0.4, -0.2) is 16.6 Å². The van der Waals surface area contributed by atoms with Crippen molar-refractivity contribution in [3.63, 3.8) is 0 Å². The predicted octanol–water partition coefficient (Wildman–Crippen LogP) is 3.35. The summed E-state index contributed by atoms with van der Waals surface area (Å²) in [6, 6.07) is 12.1. The zero-order valence-electron chi connectivity index (χ0n) is 11.7. The van der Waals surface area contributed by atoms with Crippen LogP contribution in [0.4, 0.5) is 11.5 Å². The molecule has 2 rings (SSSR count). The number of rotatable bonds is 4. The third-order valence-corrected chi connectivity index (χ3v) is 3.18. The number of hydrogen-bond acceptors (Lipinski definition) is 3. The molecular weight excluding hydrogens is 236 g/mol. The van der Waals surface area contributed by atoms with Gasteiger partial charge in [0.25, 0.3) is 0 Å². The minimum atomic E-state index is 0.0433. The molecule has 19 heavy (non-hydrogen) atoms. The Balaban J connectivity index is 2.48. The zero-order valence-corrected chi connectivity index (χ0v) is 11.7. The molecule has 0 saturated heterocycles. The first-order chi connectivity index (χ1) is 9.15. The first kappa shape index (κ1) is 13.6. The van der Waals surface area contributed by atoms with Gasteiger partial charge in [0.2, 0.25) is 0 Å². The Morgan fingerprint density at radius 3 is 2.53 bits per heavy atom. The maximum atomic E-state index is 9.32. The van der Waals surface area contributed by atoms with Crippen molar-refractivity contribution in [1.82, 2.24) is 4.98 Å². The van der Waals surface area contributed by atoms with Crippen molar-refractivity contribution in [3.8, 4) is 0 Å². The van der Waals surface area contributed by atoms with E-state index in [-0.39, 0.29) is 6.61 Å². The summed E-state index contributed by atoms with van der Waals surface area (Å²) in [6.07, 6.45) is 0. The molecule has 3 heteroatoms. The summed E-state index contributed by atoms with van der Waals surface area (Å²) in [6.45, 7) is 7.04. The second-order valence-corrected chi connectivity index (χ2v) is 4.66. The van der Waals surface area contributed by atoms with Gasteiger partial charge in [-0.3, -0.25) is 0 Å². The van der Waals surface area contributed by atoms with Gasteiger partial charge in [-0.25, -0.2) is 4.98 Å². The van der Waals surface area contributed by atoms with Crippen LogP contribution >= 0.6 is 0 Å². The van der Waals surface area contributed by atoms with Crippen molar-refractivity contribution in [2.24, 2.45) is 0 Å². The van der Waals surface area contributed by atoms with Crippen molar-refractivity contribution in [1.29, 1.82) is 0 Å². The fourth-order valence-electron chi connectivity index (χ4n) is 2.27. The van der Waals surface area contributed by atoms with Gasteiger partial charge < -0.3 is 10.0 Å². The molecule has 0 spiro atoms. The lowest BCUT2D eigenvalue weighted by Gasteiger charge is -2.24. The van der Waals surface area contributed by atoms with Crippen molar-refractivity contribution >= 4 is 11.5 Å². The van der Waals surface area contributed by atoms with E-state index in [0.717, 1.165) is 29.3 Å². The summed E-state index contributed by atoms with van der Waals surface area (Å²) in [5.74, 6) is 0.890. The average Bonchev–Trinajstić information content (AvgIpc) is 2.41. The molecule has 0 atom stereocenters. The number of aliphatic hydroxyl groups is 1. The van der Waals surface area contributed by atoms with Gasteiger partial charge in [0.05, 0.1) is 6.61 Å². The number of hydrogen-bond donors (Lipinski definition) is 1. The molecule has 0 fully saturated rings. The van der Waals surface area contributed by atoms with E-state index < -0.39 is 0 Å². The molecule has 0 radical (unpaired) electrons. The molecular formula is C16H20N2O. The molecule has 3 nitrogen and oxygen atoms in total. The van der Waals surface area contributed by atoms with Crippen LogP contribution in [0.1, 0.15) is 23.7 Å². The molecule has 0 aliphatic heterocycles. The monoisotopic (exact) mass is 256 g/mol. The van der Waals surface area contributed by atoms with Gasteiger partial charge in [0.1, 0.15) is 5.82 Å². The van der Waals surface area contributed by atoms with Crippen LogP contribution in [0.3, 0.4) is 0 Å². The van der Waals surface area contributed by atoms with E-state index in [9.17, 15) is 5.11 Å². The van der Waals surface area contributed by atoms with Crippen molar-refractivity contribution in [2.75, 3.05) is 11.4 Å². The molecule has 1 aromatic heterocycles. The van der Waals surface area contributed by atoms with Crippen LogP contribution in [0.15, 0.2) is 36.4 Å². The average molecular weight is 256 g/mol. The van der Waals surface area contributed by atoms with E-state index in [0.29, 0.717) is 0 Å². The van der Waals surface area contributed by atoms with E-state index in [1.165, 1.54) is 5.56 Å². The number of aliphatic hydroxyl groups excluding tert-OH is 1. The first-order valence-electron chi connectivity index (χ1n) is 6.57. The Bertz CT molecular complexity index is 566. The van der Waals surface area contributed by atoms with Gasteiger partial charge in [0, 0.05) is 17.9 Å². The van der Waals surface area contributed by atoms with Crippen LogP contribution in [0.2, 0.25) is 0 Å². The summed E-state index contributed by atoms with van der Waals surface area (Å²) in [5, 5.41) is 9.32. The van der Waals surface area contributed by atoms with E-state index in [2.05, 4.69) is 35.9 Å². The zero-order chi connectivity index (χ0) is 13.8. The number of benzene rings is 1. The Labute approximate surface area is 114 Å². The number of aryl methyl sites for hydroxylation is 2. The lowest BCUT2D eigenvalue weighted by atomic mass is 10.1. The van der Waals surface area contributed by atoms with Gasteiger partial charge in [-0.05, 0) is 50.1 Å². The molecule has 2 aromatic rings. The SMILES string of the molecule is CCN(c1cc(CO)cc(C)n1)c1ccccc1C. The second kappa shape index (κ2) is 5.85. The van der Waals surface area contributed by atoms with Crippen LogP contribution in [0, 0.1) is 13.8 Å². The van der Waals surface area contributed by atoms with E-state index in [1.54, 1.807) is 0 Å². The second-order valence-electron chi connectivity index (χ2n) is 4.66. The highest BCUT2D eigenvalue weighted by molar-refractivity contribution is 5.64. The molecule has 1 heterocycles. The maximum absolute atomic E-state index is 9.32. The third kappa shape index (κ3) is 2.93. The molecule has 0 saturated carbocycles. The quantitative estimate of drug-likeness (QED) is 0.911. The summed E-state index contributed by atoms with van der Waals surface area (Å²) >= 11 is 0. The minimum Gasteiger partial charge on any atom is -0.392 e. The van der Waals surface area contributed by atoms with E-state index >= 15 is 0 Å². The smallest absolute Gasteiger partial charge is 0.133 e. The molecule has 1 aromatic carbocycles. The molecule has 0 amide bonds. The maximum Gasteiger partial charge on any atom is 0.133 e. The van der Waals surface area contributed by atoms with Gasteiger partial charge in [-0.2, -0.15) is 0 Å². The normalized spacial score (nSPS) is 10.5. The molecule has 0 aliphatic carbocycles. The van der Waals surface area contributed by atoms with Gasteiger partial charge in [-0.15, -0.1) is 0 Å². The topological polar surface area (TPSA) is 36.4 Å². The van der Waals surface area contributed by atoms with Crippen molar-refractivity contribution in [3.05, 3.63) is 53.2 Å². The first-order valence-corrected chi connectivity index (χ1v) is 6.57. The minimum absolute atomic E-state index is 0.0433. The van der Waals surface area contributed by atoms with Crippen LogP contribution in [0.5, 0.6) is 0 Å². The summed E-state index contributed by atoms with van der Waals surface area (Å²) in [7, 11) is 0. The summed E-state index contributed by atoms with van der Waals surface area (Å²) < 4.78 is 0. The van der Waals surface area contributed by atoms with Crippen molar-refractivity contribution in [2.45, 2.75) is 27.4 Å². The standard InChI is InChI=1S/C16H20N2O/c1-4-18(15-8-6-5-7-12(15)2)16-10-14(11-19)9-13(3)17-16/h5-10,19H,4,11H2,1-3H3. The molecule has 1 N–H and O–H groups in total. The number of anilines is 2. The highest BCUT2D eigenvalue weighted by Crippen LogP contribution is 2.27. The Morgan fingerprint density at radius 1 is 1.16 bits per heavy atom. The van der Waals surface area contributed by atoms with Gasteiger partial charge in [-0.1, -0.05) is 18.2 Å². The lowest BCUT2D eigenvalue weighted by Crippen LogP contribution is -2.19. The number of nitrogens with zero attached hydrogens (tertiary/aromatic N) is 2. The van der Waals surface area contributed by atoms with Crippen LogP contribution in [0.25, 0.3) is 0 Å². The number of pyridine rings is 1. The van der Waals surface area contributed by atoms with Crippen molar-refractivity contribution < 1.29 is 5.11 Å². The predicted molar refractivity (Wildman–Crippen MR) is 78.8 cm³/mol. The molecule has 0 unspecified atom stereocenters. The Hall–Kier alpha value is -1.87. The van der Waals surface area contributed by atoms with Crippen LogP contribution < -0.4 is 4.90 Å². The number of aromatic nitrogens is 1. The Kier molecular flexibility index (Phi) is 4.17. The van der Waals surface area contributed by atoms with Gasteiger partial charge in [0.15, 0.2) is 0 Å². The summed E-state index contributed by atoms with van der Waals surface area (Å²) in [5.41, 5.74) is 4.20. The molecule has 0 bridgehead atoms. The fourth-order valence-corrected chi connectivity index (χ4v) is 2.27. The Morgan fingerprint density at radius 2 is 1.89 bits per heavy atom. The highest BCUT2D eigenvalue weighted by atomic mass is 16.3. The van der Waals surface area contributed by atoms with E-state index in [1.807, 2.05) is 31.2 Å². The van der Waals surface area contributed by atoms with E-state index in [4.69, 9.17) is 0 Å². The lowest BCUT2D eigenvalue weighted by molar-refractivity contribution is 0.281. The molecule has 0 aliphatic rings. The van der Waals surface area contributed by atoms with Gasteiger partial charge >= 0.3 is 0 Å². The molecule has 100 valence electrons. The highest BCUT2D eigenvalue weighted by Gasteiger charge is 2.11.